The lowest BCUT2D eigenvalue weighted by Gasteiger charge is -2.31. The Morgan fingerprint density at radius 3 is 2.22 bits per heavy atom. The van der Waals surface area contributed by atoms with Gasteiger partial charge in [0.2, 0.25) is 5.91 Å². The number of nitrogens with two attached hydrogens (primary N) is 1. The van der Waals surface area contributed by atoms with Gasteiger partial charge in [0.05, 0.1) is 5.54 Å². The molecule has 0 radical (unpaired) electrons. The molecule has 1 amide bonds. The van der Waals surface area contributed by atoms with E-state index in [4.69, 9.17) is 5.73 Å². The number of hydrogen-bond acceptors (Lipinski definition) is 2. The molecule has 0 heterocycles. The first kappa shape index (κ1) is 15.8. The van der Waals surface area contributed by atoms with Crippen LogP contribution >= 0.6 is 12.4 Å². The monoisotopic (exact) mass is 274 g/mol. The van der Waals surface area contributed by atoms with Gasteiger partial charge < -0.3 is 11.1 Å². The lowest BCUT2D eigenvalue weighted by Crippen LogP contribution is -2.46. The molecule has 0 aliphatic heterocycles. The number of amides is 1. The zero-order valence-electron chi connectivity index (χ0n) is 11.6. The zero-order chi connectivity index (χ0) is 12.5. The summed E-state index contributed by atoms with van der Waals surface area (Å²) in [5.41, 5.74) is 5.75. The topological polar surface area (TPSA) is 55.1 Å². The molecule has 18 heavy (non-hydrogen) atoms. The summed E-state index contributed by atoms with van der Waals surface area (Å²) in [6.07, 6.45) is 8.11. The molecule has 0 bridgehead atoms. The summed E-state index contributed by atoms with van der Waals surface area (Å²) in [7, 11) is 0. The molecule has 0 saturated heterocycles. The van der Waals surface area contributed by atoms with Gasteiger partial charge in [-0.2, -0.15) is 0 Å². The molecule has 2 rings (SSSR count). The van der Waals surface area contributed by atoms with Crippen LogP contribution in [-0.2, 0) is 4.79 Å². The van der Waals surface area contributed by atoms with Crippen molar-refractivity contribution < 1.29 is 4.79 Å². The highest BCUT2D eigenvalue weighted by molar-refractivity contribution is 5.89. The Balaban J connectivity index is 0.00000162. The quantitative estimate of drug-likeness (QED) is 0.810. The van der Waals surface area contributed by atoms with E-state index >= 15 is 0 Å². The summed E-state index contributed by atoms with van der Waals surface area (Å²) in [4.78, 5) is 11.9. The van der Waals surface area contributed by atoms with Gasteiger partial charge in [-0.15, -0.1) is 12.4 Å². The fourth-order valence-corrected chi connectivity index (χ4v) is 3.25. The SMILES string of the molecule is CC(C)CC1(CNC(=O)C2(N)CC2)CCCC1.Cl. The summed E-state index contributed by atoms with van der Waals surface area (Å²) in [5.74, 6) is 0.783. The molecule has 0 aromatic carbocycles. The maximum atomic E-state index is 11.9. The van der Waals surface area contributed by atoms with Crippen LogP contribution in [0.4, 0.5) is 0 Å². The standard InChI is InChI=1S/C14H26N2O.ClH/c1-11(2)9-13(5-3-4-6-13)10-16-12(17)14(15)7-8-14;/h11H,3-10,15H2,1-2H3,(H,16,17);1H. The molecule has 0 spiro atoms. The van der Waals surface area contributed by atoms with Gasteiger partial charge in [0.1, 0.15) is 0 Å². The van der Waals surface area contributed by atoms with Crippen molar-refractivity contribution in [3.05, 3.63) is 0 Å². The third-order valence-electron chi connectivity index (χ3n) is 4.37. The van der Waals surface area contributed by atoms with E-state index in [0.717, 1.165) is 19.4 Å². The number of halogens is 1. The normalized spacial score (nSPS) is 23.6. The summed E-state index contributed by atoms with van der Waals surface area (Å²) >= 11 is 0. The van der Waals surface area contributed by atoms with E-state index < -0.39 is 5.54 Å². The highest BCUT2D eigenvalue weighted by Crippen LogP contribution is 2.43. The minimum Gasteiger partial charge on any atom is -0.354 e. The van der Waals surface area contributed by atoms with Crippen LogP contribution in [0.2, 0.25) is 0 Å². The highest BCUT2D eigenvalue weighted by atomic mass is 35.5. The zero-order valence-corrected chi connectivity index (χ0v) is 12.4. The van der Waals surface area contributed by atoms with Crippen molar-refractivity contribution >= 4 is 18.3 Å². The molecule has 2 saturated carbocycles. The first-order valence-corrected chi connectivity index (χ1v) is 7.03. The molecule has 0 atom stereocenters. The van der Waals surface area contributed by atoms with Crippen LogP contribution in [0.5, 0.6) is 0 Å². The van der Waals surface area contributed by atoms with Gasteiger partial charge in [-0.05, 0) is 43.4 Å². The van der Waals surface area contributed by atoms with Crippen molar-refractivity contribution in [2.24, 2.45) is 17.1 Å². The number of nitrogens with one attached hydrogen (secondary N) is 1. The van der Waals surface area contributed by atoms with Gasteiger partial charge in [-0.3, -0.25) is 4.79 Å². The Morgan fingerprint density at radius 2 is 1.78 bits per heavy atom. The lowest BCUT2D eigenvalue weighted by atomic mass is 9.78. The molecule has 106 valence electrons. The molecule has 2 aliphatic carbocycles. The largest absolute Gasteiger partial charge is 0.354 e. The second kappa shape index (κ2) is 5.79. The van der Waals surface area contributed by atoms with Gasteiger partial charge in [0.15, 0.2) is 0 Å². The van der Waals surface area contributed by atoms with Crippen LogP contribution in [0.3, 0.4) is 0 Å². The Morgan fingerprint density at radius 1 is 1.22 bits per heavy atom. The number of rotatable bonds is 5. The number of carbonyl (C=O) groups excluding carboxylic acids is 1. The second-order valence-electron chi connectivity index (χ2n) is 6.64. The van der Waals surface area contributed by atoms with Gasteiger partial charge >= 0.3 is 0 Å². The molecule has 0 unspecified atom stereocenters. The molecule has 0 aromatic rings. The lowest BCUT2D eigenvalue weighted by molar-refractivity contribution is -0.123. The minimum absolute atomic E-state index is 0. The summed E-state index contributed by atoms with van der Waals surface area (Å²) in [5, 5.41) is 3.11. The molecular weight excluding hydrogens is 248 g/mol. The number of hydrogen-bond donors (Lipinski definition) is 2. The highest BCUT2D eigenvalue weighted by Gasteiger charge is 2.46. The first-order valence-electron chi connectivity index (χ1n) is 7.03. The molecule has 4 heteroatoms. The molecule has 2 aliphatic rings. The van der Waals surface area contributed by atoms with Crippen molar-refractivity contribution in [1.29, 1.82) is 0 Å². The predicted molar refractivity (Wildman–Crippen MR) is 76.8 cm³/mol. The Kier molecular flexibility index (Phi) is 5.07. The average molecular weight is 275 g/mol. The third kappa shape index (κ3) is 3.61. The maximum Gasteiger partial charge on any atom is 0.240 e. The van der Waals surface area contributed by atoms with Crippen molar-refractivity contribution in [3.63, 3.8) is 0 Å². The second-order valence-corrected chi connectivity index (χ2v) is 6.64. The Bertz CT molecular complexity index is 294. The van der Waals surface area contributed by atoms with E-state index in [9.17, 15) is 4.79 Å². The molecular formula is C14H27ClN2O. The van der Waals surface area contributed by atoms with E-state index in [-0.39, 0.29) is 18.3 Å². The van der Waals surface area contributed by atoms with Crippen molar-refractivity contribution in [3.8, 4) is 0 Å². The minimum atomic E-state index is -0.516. The van der Waals surface area contributed by atoms with Crippen molar-refractivity contribution in [2.75, 3.05) is 6.54 Å². The average Bonchev–Trinajstić information content (AvgIpc) is 2.85. The molecule has 2 fully saturated rings. The Hall–Kier alpha value is -0.280. The van der Waals surface area contributed by atoms with E-state index in [0.29, 0.717) is 11.3 Å². The maximum absolute atomic E-state index is 11.9. The molecule has 0 aromatic heterocycles. The third-order valence-corrected chi connectivity index (χ3v) is 4.37. The van der Waals surface area contributed by atoms with Crippen LogP contribution in [0.1, 0.15) is 58.8 Å². The van der Waals surface area contributed by atoms with E-state index in [1.807, 2.05) is 0 Å². The molecule has 3 nitrogen and oxygen atoms in total. The van der Waals surface area contributed by atoms with Crippen molar-refractivity contribution in [1.82, 2.24) is 5.32 Å². The fourth-order valence-electron chi connectivity index (χ4n) is 3.25. The smallest absolute Gasteiger partial charge is 0.240 e. The van der Waals surface area contributed by atoms with Crippen LogP contribution in [0.25, 0.3) is 0 Å². The van der Waals surface area contributed by atoms with Crippen LogP contribution in [0.15, 0.2) is 0 Å². The van der Waals surface area contributed by atoms with E-state index in [1.165, 1.54) is 32.1 Å². The fraction of sp³-hybridized carbons (Fsp3) is 0.929. The van der Waals surface area contributed by atoms with Crippen LogP contribution in [-0.4, -0.2) is 18.0 Å². The van der Waals surface area contributed by atoms with Crippen LogP contribution in [0, 0.1) is 11.3 Å². The Labute approximate surface area is 117 Å². The number of carbonyl (C=O) groups is 1. The predicted octanol–water partition coefficient (Wildman–Crippen LogP) is 2.62. The summed E-state index contributed by atoms with van der Waals surface area (Å²) in [6, 6.07) is 0. The van der Waals surface area contributed by atoms with E-state index in [2.05, 4.69) is 19.2 Å². The van der Waals surface area contributed by atoms with Gasteiger partial charge in [0, 0.05) is 6.54 Å². The summed E-state index contributed by atoms with van der Waals surface area (Å²) in [6.45, 7) is 5.38. The van der Waals surface area contributed by atoms with E-state index in [1.54, 1.807) is 0 Å². The van der Waals surface area contributed by atoms with Crippen molar-refractivity contribution in [2.45, 2.75) is 64.3 Å². The van der Waals surface area contributed by atoms with Crippen LogP contribution < -0.4 is 11.1 Å². The van der Waals surface area contributed by atoms with Gasteiger partial charge in [0.25, 0.3) is 0 Å². The first-order chi connectivity index (χ1) is 7.96. The van der Waals surface area contributed by atoms with Gasteiger partial charge in [-0.25, -0.2) is 0 Å². The summed E-state index contributed by atoms with van der Waals surface area (Å²) < 4.78 is 0. The molecule has 3 N–H and O–H groups in total. The van der Waals surface area contributed by atoms with Gasteiger partial charge in [-0.1, -0.05) is 26.7 Å².